The van der Waals surface area contributed by atoms with Gasteiger partial charge in [0, 0.05) is 30.5 Å². The molecule has 1 aliphatic heterocycles. The highest BCUT2D eigenvalue weighted by Crippen LogP contribution is 2.32. The van der Waals surface area contributed by atoms with Crippen LogP contribution in [0.25, 0.3) is 0 Å². The molecule has 0 unspecified atom stereocenters. The second kappa shape index (κ2) is 7.12. The number of rotatable bonds is 5. The minimum atomic E-state index is -0.610. The van der Waals surface area contributed by atoms with Gasteiger partial charge in [0.15, 0.2) is 0 Å². The first-order valence-electron chi connectivity index (χ1n) is 7.69. The molecule has 118 valence electrons. The van der Waals surface area contributed by atoms with E-state index >= 15 is 0 Å². The number of nitrogens with zero attached hydrogens (tertiary/aromatic N) is 1. The Morgan fingerprint density at radius 1 is 1.33 bits per heavy atom. The number of likely N-dealkylation sites (tertiary alicyclic amines) is 1. The van der Waals surface area contributed by atoms with Crippen LogP contribution in [0.4, 0.5) is 0 Å². The van der Waals surface area contributed by atoms with Gasteiger partial charge >= 0.3 is 0 Å². The average Bonchev–Trinajstić information content (AvgIpc) is 2.41. The molecule has 1 N–H and O–H groups in total. The quantitative estimate of drug-likeness (QED) is 0.877. The van der Waals surface area contributed by atoms with Gasteiger partial charge in [-0.1, -0.05) is 29.8 Å². The number of aliphatic hydroxyl groups is 1. The lowest BCUT2D eigenvalue weighted by Gasteiger charge is -2.39. The molecule has 1 aliphatic rings. The summed E-state index contributed by atoms with van der Waals surface area (Å²) in [5.74, 6) is 1.54. The van der Waals surface area contributed by atoms with E-state index in [1.807, 2.05) is 12.1 Å². The van der Waals surface area contributed by atoms with E-state index in [1.165, 1.54) is 0 Å². The molecule has 1 saturated heterocycles. The van der Waals surface area contributed by atoms with Gasteiger partial charge in [0.05, 0.1) is 12.7 Å². The first kappa shape index (κ1) is 16.8. The third-order valence-electron chi connectivity index (χ3n) is 4.17. The number of ether oxygens (including phenoxy) is 1. The lowest BCUT2D eigenvalue weighted by atomic mass is 9.85. The summed E-state index contributed by atoms with van der Waals surface area (Å²) in [5, 5.41) is 10.9. The predicted octanol–water partition coefficient (Wildman–Crippen LogP) is 3.48. The molecule has 0 aliphatic carbocycles. The molecule has 0 bridgehead atoms. The minimum Gasteiger partial charge on any atom is -0.496 e. The summed E-state index contributed by atoms with van der Waals surface area (Å²) < 4.78 is 6.45. The Balaban J connectivity index is 2.01. The van der Waals surface area contributed by atoms with E-state index in [1.54, 1.807) is 7.11 Å². The molecule has 4 heteroatoms. The standard InChI is InChI=1S/C17H26BrNO2/c1-13(2)12-19-8-6-17(20,7-9-19)11-14-10-15(18)4-5-16(14)21-3/h4-5,10,13,20H,6-9,11-12H2,1-3H3. The first-order valence-corrected chi connectivity index (χ1v) is 8.48. The van der Waals surface area contributed by atoms with E-state index in [0.29, 0.717) is 12.3 Å². The maximum Gasteiger partial charge on any atom is 0.122 e. The van der Waals surface area contributed by atoms with Gasteiger partial charge in [-0.05, 0) is 42.5 Å². The lowest BCUT2D eigenvalue weighted by Crippen LogP contribution is -2.46. The van der Waals surface area contributed by atoms with Gasteiger partial charge in [0.25, 0.3) is 0 Å². The molecule has 0 saturated carbocycles. The molecule has 1 aromatic carbocycles. The number of halogens is 1. The Kier molecular flexibility index (Phi) is 5.69. The van der Waals surface area contributed by atoms with Crippen LogP contribution in [0.1, 0.15) is 32.3 Å². The molecule has 0 radical (unpaired) electrons. The van der Waals surface area contributed by atoms with E-state index in [-0.39, 0.29) is 0 Å². The number of benzene rings is 1. The fourth-order valence-corrected chi connectivity index (χ4v) is 3.49. The molecule has 0 amide bonds. The molecule has 1 heterocycles. The summed E-state index contributed by atoms with van der Waals surface area (Å²) in [6, 6.07) is 5.98. The van der Waals surface area contributed by atoms with Crippen LogP contribution in [0, 0.1) is 5.92 Å². The van der Waals surface area contributed by atoms with Crippen molar-refractivity contribution in [3.8, 4) is 5.75 Å². The van der Waals surface area contributed by atoms with Gasteiger partial charge in [0.2, 0.25) is 0 Å². The third-order valence-corrected chi connectivity index (χ3v) is 4.67. The van der Waals surface area contributed by atoms with Crippen molar-refractivity contribution in [1.82, 2.24) is 4.90 Å². The van der Waals surface area contributed by atoms with Crippen LogP contribution in [0.2, 0.25) is 0 Å². The third kappa shape index (κ3) is 4.70. The molecular formula is C17H26BrNO2. The molecule has 0 atom stereocenters. The number of piperidine rings is 1. The molecule has 3 nitrogen and oxygen atoms in total. The molecule has 1 fully saturated rings. The van der Waals surface area contributed by atoms with Crippen LogP contribution in [-0.4, -0.2) is 42.4 Å². The highest BCUT2D eigenvalue weighted by atomic mass is 79.9. The van der Waals surface area contributed by atoms with Gasteiger partial charge in [0.1, 0.15) is 5.75 Å². The summed E-state index contributed by atoms with van der Waals surface area (Å²) in [5.41, 5.74) is 0.466. The maximum atomic E-state index is 10.9. The van der Waals surface area contributed by atoms with Crippen molar-refractivity contribution in [2.45, 2.75) is 38.7 Å². The Morgan fingerprint density at radius 2 is 2.00 bits per heavy atom. The van der Waals surface area contributed by atoms with Gasteiger partial charge in [-0.3, -0.25) is 0 Å². The Hall–Kier alpha value is -0.580. The van der Waals surface area contributed by atoms with Gasteiger partial charge in [-0.15, -0.1) is 0 Å². The predicted molar refractivity (Wildman–Crippen MR) is 89.9 cm³/mol. The van der Waals surface area contributed by atoms with Crippen LogP contribution in [-0.2, 0) is 6.42 Å². The zero-order valence-corrected chi connectivity index (χ0v) is 14.8. The van der Waals surface area contributed by atoms with E-state index in [2.05, 4.69) is 40.7 Å². The fourth-order valence-electron chi connectivity index (χ4n) is 3.08. The summed E-state index contributed by atoms with van der Waals surface area (Å²) in [6.07, 6.45) is 2.32. The zero-order chi connectivity index (χ0) is 15.5. The van der Waals surface area contributed by atoms with E-state index in [9.17, 15) is 5.11 Å². The smallest absolute Gasteiger partial charge is 0.122 e. The van der Waals surface area contributed by atoms with E-state index in [0.717, 1.165) is 48.3 Å². The maximum absolute atomic E-state index is 10.9. The topological polar surface area (TPSA) is 32.7 Å². The van der Waals surface area contributed by atoms with E-state index in [4.69, 9.17) is 4.74 Å². The fraction of sp³-hybridized carbons (Fsp3) is 0.647. The molecular weight excluding hydrogens is 330 g/mol. The summed E-state index contributed by atoms with van der Waals surface area (Å²) in [6.45, 7) is 7.56. The van der Waals surface area contributed by atoms with Crippen molar-refractivity contribution in [1.29, 1.82) is 0 Å². The van der Waals surface area contributed by atoms with Crippen molar-refractivity contribution >= 4 is 15.9 Å². The monoisotopic (exact) mass is 355 g/mol. The zero-order valence-electron chi connectivity index (χ0n) is 13.2. The second-order valence-corrected chi connectivity index (χ2v) is 7.47. The van der Waals surface area contributed by atoms with Crippen molar-refractivity contribution in [3.63, 3.8) is 0 Å². The van der Waals surface area contributed by atoms with Crippen LogP contribution < -0.4 is 4.74 Å². The number of methoxy groups -OCH3 is 1. The highest BCUT2D eigenvalue weighted by Gasteiger charge is 2.33. The van der Waals surface area contributed by atoms with Crippen molar-refractivity contribution in [3.05, 3.63) is 28.2 Å². The first-order chi connectivity index (χ1) is 9.92. The van der Waals surface area contributed by atoms with Crippen LogP contribution >= 0.6 is 15.9 Å². The van der Waals surface area contributed by atoms with E-state index < -0.39 is 5.60 Å². The average molecular weight is 356 g/mol. The Bertz CT molecular complexity index is 468. The van der Waals surface area contributed by atoms with Crippen LogP contribution in [0.3, 0.4) is 0 Å². The van der Waals surface area contributed by atoms with Crippen LogP contribution in [0.5, 0.6) is 5.75 Å². The van der Waals surface area contributed by atoms with Crippen LogP contribution in [0.15, 0.2) is 22.7 Å². The van der Waals surface area contributed by atoms with Crippen molar-refractivity contribution < 1.29 is 9.84 Å². The van der Waals surface area contributed by atoms with Gasteiger partial charge in [-0.25, -0.2) is 0 Å². The second-order valence-electron chi connectivity index (χ2n) is 6.55. The van der Waals surface area contributed by atoms with Gasteiger partial charge < -0.3 is 14.7 Å². The summed E-state index contributed by atoms with van der Waals surface area (Å²) in [7, 11) is 1.68. The number of hydrogen-bond donors (Lipinski definition) is 1. The molecule has 2 rings (SSSR count). The van der Waals surface area contributed by atoms with Gasteiger partial charge in [-0.2, -0.15) is 0 Å². The normalized spacial score (nSPS) is 19.0. The minimum absolute atomic E-state index is 0.610. The largest absolute Gasteiger partial charge is 0.496 e. The Morgan fingerprint density at radius 3 is 2.57 bits per heavy atom. The van der Waals surface area contributed by atoms with Crippen molar-refractivity contribution in [2.75, 3.05) is 26.7 Å². The SMILES string of the molecule is COc1ccc(Br)cc1CC1(O)CCN(CC(C)C)CC1. The Labute approximate surface area is 136 Å². The lowest BCUT2D eigenvalue weighted by molar-refractivity contribution is -0.0230. The molecule has 21 heavy (non-hydrogen) atoms. The number of hydrogen-bond acceptors (Lipinski definition) is 3. The molecule has 0 aromatic heterocycles. The highest BCUT2D eigenvalue weighted by molar-refractivity contribution is 9.10. The van der Waals surface area contributed by atoms with Crippen molar-refractivity contribution in [2.24, 2.45) is 5.92 Å². The summed E-state index contributed by atoms with van der Waals surface area (Å²) >= 11 is 3.50. The summed E-state index contributed by atoms with van der Waals surface area (Å²) in [4.78, 5) is 2.46. The molecule has 1 aromatic rings. The molecule has 0 spiro atoms.